The van der Waals surface area contributed by atoms with Crippen LogP contribution in [0.1, 0.15) is 106 Å². The second-order valence-corrected chi connectivity index (χ2v) is 16.6. The molecule has 7 rings (SSSR count). The lowest BCUT2D eigenvalue weighted by molar-refractivity contribution is 0.0497. The fourth-order valence-corrected chi connectivity index (χ4v) is 8.15. The second-order valence-electron chi connectivity index (χ2n) is 16.6. The van der Waals surface area contributed by atoms with E-state index in [1.807, 2.05) is 72.8 Å². The number of nitrogens with zero attached hydrogens (tertiary/aromatic N) is 1. The van der Waals surface area contributed by atoms with Gasteiger partial charge >= 0.3 is 5.97 Å². The van der Waals surface area contributed by atoms with Crippen LogP contribution in [0.15, 0.2) is 152 Å². The molecule has 0 unspecified atom stereocenters. The molecule has 0 fully saturated rings. The third-order valence-corrected chi connectivity index (χ3v) is 11.8. The number of carbonyl (C=O) groups excluding carboxylic acids is 1. The van der Waals surface area contributed by atoms with Gasteiger partial charge < -0.3 is 18.9 Å². The minimum atomic E-state index is -0.262. The van der Waals surface area contributed by atoms with E-state index in [1.165, 1.54) is 60.1 Å². The summed E-state index contributed by atoms with van der Waals surface area (Å²) in [5.74, 6) is 2.48. The van der Waals surface area contributed by atoms with Crippen LogP contribution in [-0.2, 0) is 4.74 Å². The van der Waals surface area contributed by atoms with E-state index >= 15 is 0 Å². The van der Waals surface area contributed by atoms with Crippen LogP contribution < -0.4 is 14.2 Å². The first kappa shape index (κ1) is 45.4. The highest BCUT2D eigenvalue weighted by Gasteiger charge is 2.10. The van der Waals surface area contributed by atoms with Gasteiger partial charge in [0.2, 0.25) is 0 Å². The van der Waals surface area contributed by atoms with Gasteiger partial charge in [-0.3, -0.25) is 0 Å². The maximum atomic E-state index is 12.7. The summed E-state index contributed by atoms with van der Waals surface area (Å²) in [5, 5.41) is 13.9. The number of carbonyl (C=O) groups is 1. The first-order valence-electron chi connectivity index (χ1n) is 23.4. The van der Waals surface area contributed by atoms with Gasteiger partial charge in [-0.1, -0.05) is 161 Å². The highest BCUT2D eigenvalue weighted by Crippen LogP contribution is 2.34. The van der Waals surface area contributed by atoms with E-state index in [0.717, 1.165) is 104 Å². The molecular weight excluding hydrogens is 791 g/mol. The first-order valence-corrected chi connectivity index (χ1v) is 23.4. The van der Waals surface area contributed by atoms with Gasteiger partial charge in [0.25, 0.3) is 0 Å². The van der Waals surface area contributed by atoms with Crippen LogP contribution in [0.4, 0.5) is 0 Å². The van der Waals surface area contributed by atoms with Crippen LogP contribution in [0.3, 0.4) is 0 Å². The largest absolute Gasteiger partial charge is 0.494 e. The van der Waals surface area contributed by atoms with Gasteiger partial charge in [0, 0.05) is 5.39 Å². The van der Waals surface area contributed by atoms with Crippen LogP contribution in [0.25, 0.3) is 43.8 Å². The number of ether oxygens (including phenoxy) is 4. The van der Waals surface area contributed by atoms with Crippen molar-refractivity contribution in [3.8, 4) is 45.6 Å². The fourth-order valence-electron chi connectivity index (χ4n) is 8.15. The van der Waals surface area contributed by atoms with E-state index in [4.69, 9.17) is 24.2 Å². The lowest BCUT2D eigenvalue weighted by Gasteiger charge is -2.12. The Morgan fingerprint density at radius 3 is 1.33 bits per heavy atom. The Morgan fingerprint density at radius 2 is 0.812 bits per heavy atom. The van der Waals surface area contributed by atoms with Crippen molar-refractivity contribution in [3.05, 3.63) is 163 Å². The van der Waals surface area contributed by atoms with Gasteiger partial charge in [-0.25, -0.2) is 4.79 Å². The van der Waals surface area contributed by atoms with Crippen LogP contribution in [0.2, 0.25) is 0 Å². The fraction of sp³-hybridized carbons (Fsp3) is 0.310. The van der Waals surface area contributed by atoms with Crippen LogP contribution in [0, 0.1) is 11.3 Å². The molecule has 6 nitrogen and oxygen atoms in total. The molecule has 64 heavy (non-hydrogen) atoms. The predicted octanol–water partition coefficient (Wildman–Crippen LogP) is 15.4. The first-order chi connectivity index (χ1) is 31.6. The molecule has 0 aliphatic rings. The highest BCUT2D eigenvalue weighted by atomic mass is 16.5. The van der Waals surface area contributed by atoms with E-state index in [9.17, 15) is 4.79 Å². The molecule has 0 spiro atoms. The number of esters is 1. The monoisotopic (exact) mass is 851 g/mol. The van der Waals surface area contributed by atoms with Gasteiger partial charge in [0.15, 0.2) is 0 Å². The van der Waals surface area contributed by atoms with Gasteiger partial charge in [0.05, 0.1) is 43.6 Å². The molecular formula is C58H61NO5. The Balaban J connectivity index is 0.670. The van der Waals surface area contributed by atoms with Gasteiger partial charge in [-0.2, -0.15) is 5.26 Å². The van der Waals surface area contributed by atoms with E-state index in [2.05, 4.69) is 84.9 Å². The van der Waals surface area contributed by atoms with Crippen molar-refractivity contribution in [2.75, 3.05) is 26.4 Å². The minimum absolute atomic E-state index is 0.262. The lowest BCUT2D eigenvalue weighted by atomic mass is 10.0. The van der Waals surface area contributed by atoms with Crippen molar-refractivity contribution in [1.29, 1.82) is 5.26 Å². The summed E-state index contributed by atoms with van der Waals surface area (Å²) < 4.78 is 23.8. The number of benzene rings is 7. The minimum Gasteiger partial charge on any atom is -0.494 e. The molecule has 0 saturated heterocycles. The maximum absolute atomic E-state index is 12.7. The standard InChI is InChI=1S/C58H61NO5/c59-44-45-23-25-46(26-24-45)48-31-35-52(36-32-48)61-39-15-7-4-2-1-3-5-8-18-42-64-58(60)50-29-27-47(28-30-50)49-33-37-53(38-34-49)62-40-16-9-6-10-17-41-63-57-43-51-19-11-12-20-54(51)55-21-13-14-22-56(55)57/h11-14,19-38,43H,1-10,15-18,39-42H2. The van der Waals surface area contributed by atoms with Crippen LogP contribution >= 0.6 is 0 Å². The molecule has 0 atom stereocenters. The zero-order valence-electron chi connectivity index (χ0n) is 37.2. The quantitative estimate of drug-likeness (QED) is 0.0307. The van der Waals surface area contributed by atoms with Crippen molar-refractivity contribution in [3.63, 3.8) is 0 Å². The average Bonchev–Trinajstić information content (AvgIpc) is 3.35. The van der Waals surface area contributed by atoms with Crippen LogP contribution in [0.5, 0.6) is 17.2 Å². The van der Waals surface area contributed by atoms with E-state index in [1.54, 1.807) is 0 Å². The maximum Gasteiger partial charge on any atom is 0.338 e. The van der Waals surface area contributed by atoms with Crippen LogP contribution in [-0.4, -0.2) is 32.4 Å². The molecule has 0 radical (unpaired) electrons. The number of fused-ring (bicyclic) bond motifs is 3. The van der Waals surface area contributed by atoms with E-state index in [-0.39, 0.29) is 5.97 Å². The SMILES string of the molecule is N#Cc1ccc(-c2ccc(OCCCCCCCCCCCOC(=O)c3ccc(-c4ccc(OCCCCCCCOc5cc6ccccc6c6ccccc56)cc4)cc3)cc2)cc1. The van der Waals surface area contributed by atoms with E-state index in [0.29, 0.717) is 24.3 Å². The predicted molar refractivity (Wildman–Crippen MR) is 261 cm³/mol. The topological polar surface area (TPSA) is 77.8 Å². The molecule has 0 amide bonds. The number of hydrogen-bond acceptors (Lipinski definition) is 6. The number of rotatable bonds is 26. The summed E-state index contributed by atoms with van der Waals surface area (Å²) >= 11 is 0. The third kappa shape index (κ3) is 13.7. The molecule has 0 saturated carbocycles. The number of unbranched alkanes of at least 4 members (excludes halogenated alkanes) is 12. The van der Waals surface area contributed by atoms with Crippen molar-refractivity contribution in [1.82, 2.24) is 0 Å². The Kier molecular flexibility index (Phi) is 17.7. The molecule has 0 bridgehead atoms. The van der Waals surface area contributed by atoms with E-state index < -0.39 is 0 Å². The number of nitriles is 1. The zero-order valence-corrected chi connectivity index (χ0v) is 37.2. The lowest BCUT2D eigenvalue weighted by Crippen LogP contribution is -2.06. The van der Waals surface area contributed by atoms with Gasteiger partial charge in [-0.05, 0) is 119 Å². The summed E-state index contributed by atoms with van der Waals surface area (Å²) in [6.07, 6.45) is 15.8. The van der Waals surface area contributed by atoms with Gasteiger partial charge in [-0.15, -0.1) is 0 Å². The number of hydrogen-bond donors (Lipinski definition) is 0. The third-order valence-electron chi connectivity index (χ3n) is 11.8. The summed E-state index contributed by atoms with van der Waals surface area (Å²) in [6.45, 7) is 2.62. The normalized spacial score (nSPS) is 11.0. The Labute approximate surface area is 379 Å². The second kappa shape index (κ2) is 24.9. The summed E-state index contributed by atoms with van der Waals surface area (Å²) in [7, 11) is 0. The molecule has 328 valence electrons. The molecule has 0 aromatic heterocycles. The highest BCUT2D eigenvalue weighted by molar-refractivity contribution is 6.10. The molecule has 0 N–H and O–H groups in total. The molecule has 7 aromatic rings. The zero-order chi connectivity index (χ0) is 44.0. The summed E-state index contributed by atoms with van der Waals surface area (Å²) in [5.41, 5.74) is 5.59. The molecule has 7 aromatic carbocycles. The Morgan fingerprint density at radius 1 is 0.406 bits per heavy atom. The van der Waals surface area contributed by atoms with Crippen molar-refractivity contribution in [2.45, 2.75) is 89.9 Å². The van der Waals surface area contributed by atoms with Crippen molar-refractivity contribution < 1.29 is 23.7 Å². The summed E-state index contributed by atoms with van der Waals surface area (Å²) in [4.78, 5) is 12.7. The molecule has 0 aliphatic carbocycles. The smallest absolute Gasteiger partial charge is 0.338 e. The molecule has 0 heterocycles. The molecule has 0 aliphatic heterocycles. The Bertz CT molecular complexity index is 2520. The Hall–Kier alpha value is -6.58. The van der Waals surface area contributed by atoms with Gasteiger partial charge in [0.1, 0.15) is 17.2 Å². The average molecular weight is 852 g/mol. The molecule has 6 heteroatoms. The summed E-state index contributed by atoms with van der Waals surface area (Å²) in [6, 6.07) is 53.0. The van der Waals surface area contributed by atoms with Crippen molar-refractivity contribution >= 4 is 27.5 Å². The van der Waals surface area contributed by atoms with Crippen molar-refractivity contribution in [2.24, 2.45) is 0 Å².